The minimum Gasteiger partial charge on any atom is -0.544 e. The number of anilines is 2. The number of nitrogens with zero attached hydrogens (tertiary/aromatic N) is 8. The fourth-order valence-corrected chi connectivity index (χ4v) is 6.96. The SMILES string of the molecule is Cn1c(-c2cn(-c3ccc(N)cn3)nc2C(F)(F)F)cnc1C(=O)Nc1ccc(C(=O)N2CCN(C(=O)NCCCc3cc[n+](CC(=O)[O-])c(CCCN)c3)CC2)c(Cl)c1. The highest BCUT2D eigenvalue weighted by Crippen LogP contribution is 2.37. The molecule has 0 aliphatic carbocycles. The minimum absolute atomic E-state index is 0.0324. The Bertz CT molecular complexity index is 2380. The van der Waals surface area contributed by atoms with Crippen LogP contribution in [0.2, 0.25) is 5.02 Å². The summed E-state index contributed by atoms with van der Waals surface area (Å²) in [4.78, 5) is 62.0. The van der Waals surface area contributed by atoms with Gasteiger partial charge >= 0.3 is 12.2 Å². The number of pyridine rings is 2. The molecule has 5 heterocycles. The first-order valence-corrected chi connectivity index (χ1v) is 19.3. The molecule has 1 aliphatic heterocycles. The number of nitrogens with two attached hydrogens (primary N) is 2. The van der Waals surface area contributed by atoms with Crippen molar-refractivity contribution in [1.29, 1.82) is 0 Å². The van der Waals surface area contributed by atoms with Crippen molar-refractivity contribution in [2.75, 3.05) is 50.3 Å². The Labute approximate surface area is 346 Å². The lowest BCUT2D eigenvalue weighted by molar-refractivity contribution is -0.698. The number of urea groups is 1. The van der Waals surface area contributed by atoms with Crippen LogP contribution in [0.5, 0.6) is 0 Å². The Balaban J connectivity index is 1.01. The summed E-state index contributed by atoms with van der Waals surface area (Å²) in [5, 5.41) is 20.4. The molecule has 1 aliphatic rings. The van der Waals surface area contributed by atoms with Crippen molar-refractivity contribution in [3.8, 4) is 17.1 Å². The maximum absolute atomic E-state index is 14.1. The van der Waals surface area contributed by atoms with E-state index in [-0.39, 0.29) is 70.7 Å². The number of carbonyl (C=O) groups excluding carboxylic acids is 4. The molecule has 21 heteroatoms. The number of rotatable bonds is 14. The molecule has 0 bridgehead atoms. The van der Waals surface area contributed by atoms with Gasteiger partial charge in [-0.1, -0.05) is 11.6 Å². The largest absolute Gasteiger partial charge is 0.544 e. The van der Waals surface area contributed by atoms with Gasteiger partial charge in [-0.05, 0) is 61.7 Å². The molecule has 60 heavy (non-hydrogen) atoms. The Kier molecular flexibility index (Phi) is 13.3. The summed E-state index contributed by atoms with van der Waals surface area (Å²) >= 11 is 6.51. The molecule has 17 nitrogen and oxygen atoms in total. The molecule has 0 spiro atoms. The number of piperazine rings is 1. The van der Waals surface area contributed by atoms with E-state index in [0.717, 1.165) is 28.3 Å². The van der Waals surface area contributed by atoms with Crippen LogP contribution in [-0.4, -0.2) is 97.2 Å². The van der Waals surface area contributed by atoms with Gasteiger partial charge in [-0.25, -0.2) is 19.4 Å². The van der Waals surface area contributed by atoms with E-state index in [2.05, 4.69) is 25.7 Å². The second-order valence-corrected chi connectivity index (χ2v) is 14.4. The third-order valence-electron chi connectivity index (χ3n) is 9.81. The summed E-state index contributed by atoms with van der Waals surface area (Å²) in [5.74, 6) is -2.39. The highest BCUT2D eigenvalue weighted by Gasteiger charge is 2.39. The quantitative estimate of drug-likeness (QED) is 0.0942. The van der Waals surface area contributed by atoms with Gasteiger partial charge in [0.25, 0.3) is 11.8 Å². The Morgan fingerprint density at radius 3 is 2.38 bits per heavy atom. The second-order valence-electron chi connectivity index (χ2n) is 14.0. The standard InChI is InChI=1S/C39H42ClF3N12O5/c1-51-31(29-22-55(50-34(29)39(41,42)43)32-9-6-25(45)20-47-32)21-48-35(51)36(58)49-26-7-8-28(30(40)19-26)37(59)52-14-16-53(17-15-52)38(60)46-12-3-4-24-10-13-54(23-33(56)57)27(18-24)5-2-11-44/h6-10,13,18-22H,2-5,11-12,14-17,23,44-45H2,1H3,(H2-,46,49,56,57,58,59,60). The molecule has 0 radical (unpaired) electrons. The molecule has 5 aromatic rings. The van der Waals surface area contributed by atoms with Crippen molar-refractivity contribution < 1.29 is 42.0 Å². The van der Waals surface area contributed by atoms with Crippen molar-refractivity contribution in [1.82, 2.24) is 39.4 Å². The first-order valence-electron chi connectivity index (χ1n) is 18.9. The maximum atomic E-state index is 14.1. The third-order valence-corrected chi connectivity index (χ3v) is 10.1. The van der Waals surface area contributed by atoms with Gasteiger partial charge in [-0.2, -0.15) is 22.8 Å². The van der Waals surface area contributed by atoms with Crippen molar-refractivity contribution in [2.45, 2.75) is 38.4 Å². The molecule has 0 saturated carbocycles. The molecule has 1 aromatic carbocycles. The molecule has 1 fully saturated rings. The number of halogens is 4. The third kappa shape index (κ3) is 10.2. The van der Waals surface area contributed by atoms with E-state index < -0.39 is 23.7 Å². The number of carboxylic acids is 1. The number of aryl methyl sites for hydroxylation is 2. The van der Waals surface area contributed by atoms with E-state index in [9.17, 15) is 37.5 Å². The summed E-state index contributed by atoms with van der Waals surface area (Å²) in [6.45, 7) is 1.76. The first-order chi connectivity index (χ1) is 28.6. The first kappa shape index (κ1) is 43.0. The summed E-state index contributed by atoms with van der Waals surface area (Å²) in [5.41, 5.74) is 12.3. The van der Waals surface area contributed by atoms with Gasteiger partial charge in [-0.3, -0.25) is 9.59 Å². The molecule has 0 atom stereocenters. The van der Waals surface area contributed by atoms with Crippen LogP contribution in [0.15, 0.2) is 67.3 Å². The normalized spacial score (nSPS) is 13.0. The number of nitrogen functional groups attached to an aromatic ring is 1. The molecule has 0 unspecified atom stereocenters. The second kappa shape index (κ2) is 18.6. The van der Waals surface area contributed by atoms with Crippen molar-refractivity contribution in [3.05, 3.63) is 101 Å². The molecular weight excluding hydrogens is 809 g/mol. The van der Waals surface area contributed by atoms with Gasteiger partial charge in [0.1, 0.15) is 5.97 Å². The maximum Gasteiger partial charge on any atom is 0.435 e. The molecular formula is C39H42ClF3N12O5. The van der Waals surface area contributed by atoms with E-state index in [1.54, 1.807) is 20.6 Å². The number of benzene rings is 1. The van der Waals surface area contributed by atoms with Crippen LogP contribution in [0.3, 0.4) is 0 Å². The Hall–Kier alpha value is -6.54. The number of imidazole rings is 1. The smallest absolute Gasteiger partial charge is 0.435 e. The predicted octanol–water partition coefficient (Wildman–Crippen LogP) is 2.20. The zero-order chi connectivity index (χ0) is 43.1. The number of hydrogen-bond acceptors (Lipinski definition) is 10. The number of aromatic nitrogens is 6. The van der Waals surface area contributed by atoms with Crippen LogP contribution in [-0.2, 0) is 37.4 Å². The van der Waals surface area contributed by atoms with Crippen LogP contribution >= 0.6 is 11.6 Å². The summed E-state index contributed by atoms with van der Waals surface area (Å²) < 4.78 is 46.0. The van der Waals surface area contributed by atoms with Crippen LogP contribution in [0.1, 0.15) is 50.8 Å². The van der Waals surface area contributed by atoms with Crippen molar-refractivity contribution in [3.63, 3.8) is 0 Å². The number of hydrogen-bond donors (Lipinski definition) is 4. The monoisotopic (exact) mass is 850 g/mol. The molecule has 1 saturated heterocycles. The minimum atomic E-state index is -4.84. The number of amides is 4. The van der Waals surface area contributed by atoms with Crippen molar-refractivity contribution in [2.24, 2.45) is 12.8 Å². The summed E-state index contributed by atoms with van der Waals surface area (Å²) in [6.07, 6.45) is 3.12. The van der Waals surface area contributed by atoms with E-state index >= 15 is 0 Å². The van der Waals surface area contributed by atoms with Gasteiger partial charge in [0.15, 0.2) is 35.8 Å². The lowest BCUT2D eigenvalue weighted by Crippen LogP contribution is -2.53. The lowest BCUT2D eigenvalue weighted by atomic mass is 10.1. The van der Waals surface area contributed by atoms with Crippen LogP contribution < -0.4 is 31.8 Å². The van der Waals surface area contributed by atoms with Gasteiger partial charge in [0.2, 0.25) is 0 Å². The Morgan fingerprint density at radius 1 is 0.967 bits per heavy atom. The zero-order valence-electron chi connectivity index (χ0n) is 32.4. The number of nitrogens with one attached hydrogen (secondary N) is 2. The average Bonchev–Trinajstić information content (AvgIpc) is 3.83. The highest BCUT2D eigenvalue weighted by atomic mass is 35.5. The van der Waals surface area contributed by atoms with Gasteiger partial charge in [0.05, 0.1) is 39.9 Å². The number of carboxylic acid groups (broad SMARTS) is 1. The fraction of sp³-hybridized carbons (Fsp3) is 0.333. The molecule has 4 aromatic heterocycles. The number of alkyl halides is 3. The zero-order valence-corrected chi connectivity index (χ0v) is 33.2. The molecule has 4 amide bonds. The van der Waals surface area contributed by atoms with Crippen LogP contribution in [0.25, 0.3) is 17.1 Å². The number of carbonyl (C=O) groups is 4. The van der Waals surface area contributed by atoms with E-state index in [1.807, 2.05) is 12.1 Å². The lowest BCUT2D eigenvalue weighted by Gasteiger charge is -2.35. The number of aliphatic carboxylic acids is 1. The van der Waals surface area contributed by atoms with E-state index in [4.69, 9.17) is 23.1 Å². The molecule has 316 valence electrons. The summed E-state index contributed by atoms with van der Waals surface area (Å²) in [6, 6.07) is 10.7. The topological polar surface area (TPSA) is 226 Å². The average molecular weight is 851 g/mol. The molecule has 6 rings (SSSR count). The van der Waals surface area contributed by atoms with Crippen LogP contribution in [0.4, 0.5) is 29.3 Å². The van der Waals surface area contributed by atoms with Gasteiger partial charge in [0, 0.05) is 70.2 Å². The summed E-state index contributed by atoms with van der Waals surface area (Å²) in [7, 11) is 1.39. The van der Waals surface area contributed by atoms with Gasteiger partial charge < -0.3 is 46.4 Å². The fourth-order valence-electron chi connectivity index (χ4n) is 6.70. The van der Waals surface area contributed by atoms with E-state index in [1.165, 1.54) is 48.1 Å². The predicted molar refractivity (Wildman–Crippen MR) is 211 cm³/mol. The van der Waals surface area contributed by atoms with Crippen molar-refractivity contribution >= 4 is 46.8 Å². The van der Waals surface area contributed by atoms with E-state index in [0.29, 0.717) is 57.5 Å². The van der Waals surface area contributed by atoms with Crippen LogP contribution in [0, 0.1) is 0 Å². The molecule has 6 N–H and O–H groups in total. The van der Waals surface area contributed by atoms with Gasteiger partial charge in [-0.15, -0.1) is 0 Å². The highest BCUT2D eigenvalue weighted by molar-refractivity contribution is 6.34. The Morgan fingerprint density at radius 2 is 1.72 bits per heavy atom.